The van der Waals surface area contributed by atoms with E-state index in [0.29, 0.717) is 10.6 Å². The lowest BCUT2D eigenvalue weighted by Gasteiger charge is -1.99. The third-order valence-corrected chi connectivity index (χ3v) is 3.11. The summed E-state index contributed by atoms with van der Waals surface area (Å²) in [5, 5.41) is 22.2. The van der Waals surface area contributed by atoms with E-state index in [4.69, 9.17) is 11.6 Å². The van der Waals surface area contributed by atoms with Crippen molar-refractivity contribution in [2.75, 3.05) is 0 Å². The molecule has 0 amide bonds. The Labute approximate surface area is 124 Å². The monoisotopic (exact) mass is 304 g/mol. The zero-order chi connectivity index (χ0) is 15.4. The van der Waals surface area contributed by atoms with E-state index in [1.165, 1.54) is 18.2 Å². The summed E-state index contributed by atoms with van der Waals surface area (Å²) in [5.74, 6) is 0. The number of rotatable bonds is 4. The van der Waals surface area contributed by atoms with Crippen LogP contribution in [-0.2, 0) is 0 Å². The molecule has 21 heavy (non-hydrogen) atoms. The van der Waals surface area contributed by atoms with Crippen LogP contribution in [-0.4, -0.2) is 9.85 Å². The Kier molecular flexibility index (Phi) is 4.30. The Balaban J connectivity index is 2.42. The Morgan fingerprint density at radius 3 is 2.19 bits per heavy atom. The molecule has 0 aliphatic heterocycles. The van der Waals surface area contributed by atoms with Gasteiger partial charge in [-0.25, -0.2) is 0 Å². The summed E-state index contributed by atoms with van der Waals surface area (Å²) < 4.78 is 0. The molecule has 0 saturated heterocycles. The summed E-state index contributed by atoms with van der Waals surface area (Å²) in [6, 6.07) is 10.5. The predicted molar refractivity (Wildman–Crippen MR) is 80.1 cm³/mol. The molecule has 6 nitrogen and oxygen atoms in total. The van der Waals surface area contributed by atoms with Gasteiger partial charge >= 0.3 is 0 Å². The number of hydrogen-bond donors (Lipinski definition) is 0. The van der Waals surface area contributed by atoms with Crippen LogP contribution in [0.2, 0.25) is 5.02 Å². The molecule has 0 fully saturated rings. The molecule has 0 aliphatic carbocycles. The van der Waals surface area contributed by atoms with Crippen LogP contribution in [0.15, 0.2) is 42.5 Å². The first-order chi connectivity index (χ1) is 9.99. The lowest BCUT2D eigenvalue weighted by Crippen LogP contribution is -1.94. The minimum Gasteiger partial charge on any atom is -0.258 e. The molecule has 0 unspecified atom stereocenters. The van der Waals surface area contributed by atoms with E-state index in [2.05, 4.69) is 0 Å². The van der Waals surface area contributed by atoms with E-state index in [1.807, 2.05) is 0 Å². The quantitative estimate of drug-likeness (QED) is 0.478. The summed E-state index contributed by atoms with van der Waals surface area (Å²) in [4.78, 5) is 20.3. The van der Waals surface area contributed by atoms with Gasteiger partial charge in [0.25, 0.3) is 11.4 Å². The van der Waals surface area contributed by atoms with Crippen molar-refractivity contribution in [1.82, 2.24) is 0 Å². The van der Waals surface area contributed by atoms with Crippen LogP contribution in [0, 0.1) is 20.2 Å². The van der Waals surface area contributed by atoms with Crippen LogP contribution in [0.4, 0.5) is 11.4 Å². The molecular formula is C14H9ClN2O4. The van der Waals surface area contributed by atoms with Gasteiger partial charge in [-0.3, -0.25) is 20.2 Å². The maximum Gasteiger partial charge on any atom is 0.283 e. The maximum atomic E-state index is 11.0. The zero-order valence-corrected chi connectivity index (χ0v) is 11.4. The molecule has 0 aromatic heterocycles. The molecule has 7 heteroatoms. The van der Waals surface area contributed by atoms with Crippen molar-refractivity contribution in [2.45, 2.75) is 0 Å². The highest BCUT2D eigenvalue weighted by atomic mass is 35.5. The Bertz CT molecular complexity index is 744. The highest BCUT2D eigenvalue weighted by molar-refractivity contribution is 6.32. The van der Waals surface area contributed by atoms with Crippen molar-refractivity contribution in [3.05, 3.63) is 78.8 Å². The fourth-order valence-corrected chi connectivity index (χ4v) is 1.93. The molecule has 2 aromatic carbocycles. The van der Waals surface area contributed by atoms with Gasteiger partial charge in [0, 0.05) is 11.1 Å². The Hall–Kier alpha value is -2.73. The minimum absolute atomic E-state index is 0.269. The minimum atomic E-state index is -0.672. The zero-order valence-electron chi connectivity index (χ0n) is 10.6. The van der Waals surface area contributed by atoms with Crippen LogP contribution < -0.4 is 0 Å². The van der Waals surface area contributed by atoms with Crippen LogP contribution in [0.5, 0.6) is 0 Å². The summed E-state index contributed by atoms with van der Waals surface area (Å²) in [7, 11) is 0. The van der Waals surface area contributed by atoms with E-state index in [0.717, 1.165) is 6.07 Å². The van der Waals surface area contributed by atoms with Crippen molar-refractivity contribution in [3.8, 4) is 0 Å². The van der Waals surface area contributed by atoms with Gasteiger partial charge < -0.3 is 0 Å². The fraction of sp³-hybridized carbons (Fsp3) is 0. The molecular weight excluding hydrogens is 296 g/mol. The van der Waals surface area contributed by atoms with Gasteiger partial charge in [0.2, 0.25) is 0 Å². The molecule has 0 aliphatic rings. The molecule has 2 aromatic rings. The van der Waals surface area contributed by atoms with E-state index >= 15 is 0 Å². The van der Waals surface area contributed by atoms with Gasteiger partial charge in [-0.15, -0.1) is 0 Å². The van der Waals surface area contributed by atoms with Gasteiger partial charge in [0.15, 0.2) is 0 Å². The number of nitro groups is 2. The van der Waals surface area contributed by atoms with Gasteiger partial charge in [-0.1, -0.05) is 35.9 Å². The molecule has 2 rings (SSSR count). The largest absolute Gasteiger partial charge is 0.283 e. The van der Waals surface area contributed by atoms with Gasteiger partial charge in [-0.2, -0.15) is 0 Å². The number of non-ortho nitro benzene ring substituents is 1. The molecule has 0 N–H and O–H groups in total. The second-order valence-electron chi connectivity index (χ2n) is 4.11. The van der Waals surface area contributed by atoms with Crippen molar-refractivity contribution in [1.29, 1.82) is 0 Å². The smallest absolute Gasteiger partial charge is 0.258 e. The van der Waals surface area contributed by atoms with E-state index in [1.54, 1.807) is 30.3 Å². The van der Waals surface area contributed by atoms with E-state index in [9.17, 15) is 20.2 Å². The van der Waals surface area contributed by atoms with E-state index in [-0.39, 0.29) is 16.9 Å². The number of hydrogen-bond acceptors (Lipinski definition) is 4. The molecule has 0 heterocycles. The summed E-state index contributed by atoms with van der Waals surface area (Å²) in [6.07, 6.45) is 3.12. The number of benzene rings is 2. The molecule has 0 spiro atoms. The average Bonchev–Trinajstić information content (AvgIpc) is 2.46. The van der Waals surface area contributed by atoms with E-state index < -0.39 is 9.85 Å². The van der Waals surface area contributed by atoms with Gasteiger partial charge in [0.05, 0.1) is 21.5 Å². The predicted octanol–water partition coefficient (Wildman–Crippen LogP) is 4.33. The van der Waals surface area contributed by atoms with Gasteiger partial charge in [0.1, 0.15) is 0 Å². The Morgan fingerprint density at radius 1 is 0.905 bits per heavy atom. The summed E-state index contributed by atoms with van der Waals surface area (Å²) in [5.41, 5.74) is 0.321. The van der Waals surface area contributed by atoms with Crippen LogP contribution in [0.3, 0.4) is 0 Å². The van der Waals surface area contributed by atoms with Crippen LogP contribution in [0.25, 0.3) is 12.2 Å². The van der Waals surface area contributed by atoms with Crippen LogP contribution >= 0.6 is 11.6 Å². The lowest BCUT2D eigenvalue weighted by atomic mass is 10.1. The standard InChI is InChI=1S/C14H9ClN2O4/c15-13-4-2-1-3-10(13)5-6-11-7-8-12(16(18)19)9-14(11)17(20)21/h1-9H/b6-5+. The molecule has 106 valence electrons. The van der Waals surface area contributed by atoms with Crippen molar-refractivity contribution >= 4 is 35.1 Å². The first-order valence-electron chi connectivity index (χ1n) is 5.84. The third-order valence-electron chi connectivity index (χ3n) is 2.77. The summed E-state index contributed by atoms with van der Waals surface area (Å²) in [6.45, 7) is 0. The highest BCUT2D eigenvalue weighted by Gasteiger charge is 2.17. The van der Waals surface area contributed by atoms with Crippen molar-refractivity contribution in [3.63, 3.8) is 0 Å². The lowest BCUT2D eigenvalue weighted by molar-refractivity contribution is -0.394. The van der Waals surface area contributed by atoms with Crippen molar-refractivity contribution < 1.29 is 9.85 Å². The number of nitro benzene ring substituents is 2. The second-order valence-corrected chi connectivity index (χ2v) is 4.52. The normalized spacial score (nSPS) is 10.7. The first kappa shape index (κ1) is 14.7. The SMILES string of the molecule is O=[N+]([O-])c1ccc(/C=C/c2ccccc2Cl)c([N+](=O)[O-])c1. The topological polar surface area (TPSA) is 86.3 Å². The van der Waals surface area contributed by atoms with Crippen LogP contribution in [0.1, 0.15) is 11.1 Å². The molecule has 0 radical (unpaired) electrons. The third kappa shape index (κ3) is 3.43. The maximum absolute atomic E-state index is 11.0. The Morgan fingerprint density at radius 2 is 1.57 bits per heavy atom. The molecule has 0 saturated carbocycles. The second kappa shape index (κ2) is 6.15. The highest BCUT2D eigenvalue weighted by Crippen LogP contribution is 2.27. The molecule has 0 atom stereocenters. The van der Waals surface area contributed by atoms with Crippen molar-refractivity contribution in [2.24, 2.45) is 0 Å². The summed E-state index contributed by atoms with van der Waals surface area (Å²) >= 11 is 5.99. The average molecular weight is 305 g/mol. The number of nitrogens with zero attached hydrogens (tertiary/aromatic N) is 2. The number of halogens is 1. The molecule has 0 bridgehead atoms. The fourth-order valence-electron chi connectivity index (χ4n) is 1.73. The first-order valence-corrected chi connectivity index (χ1v) is 6.22. The van der Waals surface area contributed by atoms with Gasteiger partial charge in [-0.05, 0) is 23.8 Å².